The monoisotopic (exact) mass is 239 g/mol. The van der Waals surface area contributed by atoms with Crippen molar-refractivity contribution in [3.63, 3.8) is 0 Å². The number of nitrogens with zero attached hydrogens (tertiary/aromatic N) is 1. The minimum atomic E-state index is -0.812. The van der Waals surface area contributed by atoms with Crippen molar-refractivity contribution in [2.45, 2.75) is 44.9 Å². The third-order valence-electron chi connectivity index (χ3n) is 3.98. The molecule has 4 nitrogen and oxygen atoms in total. The van der Waals surface area contributed by atoms with Crippen LogP contribution in [-0.2, 0) is 9.59 Å². The molecular weight excluding hydrogens is 218 g/mol. The van der Waals surface area contributed by atoms with Crippen LogP contribution < -0.4 is 0 Å². The minimum Gasteiger partial charge on any atom is -0.481 e. The highest BCUT2D eigenvalue weighted by molar-refractivity contribution is 5.77. The van der Waals surface area contributed by atoms with E-state index in [0.29, 0.717) is 24.7 Å². The van der Waals surface area contributed by atoms with E-state index in [1.807, 2.05) is 4.90 Å². The second-order valence-electron chi connectivity index (χ2n) is 5.44. The predicted octanol–water partition coefficient (Wildman–Crippen LogP) is 1.89. The Morgan fingerprint density at radius 2 is 1.76 bits per heavy atom. The topological polar surface area (TPSA) is 57.6 Å². The Morgan fingerprint density at radius 3 is 2.35 bits per heavy atom. The second kappa shape index (κ2) is 5.52. The van der Waals surface area contributed by atoms with E-state index in [4.69, 9.17) is 5.11 Å². The van der Waals surface area contributed by atoms with Crippen molar-refractivity contribution in [2.24, 2.45) is 11.8 Å². The molecule has 1 aliphatic heterocycles. The number of hydrogen-bond acceptors (Lipinski definition) is 2. The number of carbonyl (C=O) groups excluding carboxylic acids is 1. The summed E-state index contributed by atoms with van der Waals surface area (Å²) in [7, 11) is 0. The molecule has 0 radical (unpaired) electrons. The molecule has 2 fully saturated rings. The summed E-state index contributed by atoms with van der Waals surface area (Å²) in [6.07, 6.45) is 6.10. The highest BCUT2D eigenvalue weighted by atomic mass is 16.4. The second-order valence-corrected chi connectivity index (χ2v) is 5.44. The Kier molecular flexibility index (Phi) is 4.02. The molecule has 1 saturated carbocycles. The van der Waals surface area contributed by atoms with Crippen molar-refractivity contribution in [2.75, 3.05) is 13.1 Å². The van der Waals surface area contributed by atoms with Crippen molar-refractivity contribution in [3.8, 4) is 0 Å². The van der Waals surface area contributed by atoms with Gasteiger partial charge < -0.3 is 10.0 Å². The van der Waals surface area contributed by atoms with Crippen molar-refractivity contribution >= 4 is 11.9 Å². The third kappa shape index (κ3) is 3.45. The molecule has 2 aliphatic rings. The van der Waals surface area contributed by atoms with E-state index in [-0.39, 0.29) is 12.3 Å². The molecule has 2 rings (SSSR count). The molecule has 1 aliphatic carbocycles. The first-order valence-corrected chi connectivity index (χ1v) is 6.64. The van der Waals surface area contributed by atoms with Crippen LogP contribution in [0.4, 0.5) is 0 Å². The summed E-state index contributed by atoms with van der Waals surface area (Å²) in [5.74, 6) is 0.744. The minimum absolute atomic E-state index is 0.104. The SMILES string of the molecule is O=C(O)CCCC(=O)N1CC2CCCC(C2)C1. The van der Waals surface area contributed by atoms with E-state index in [1.165, 1.54) is 25.7 Å². The Bertz CT molecular complexity index is 291. The maximum Gasteiger partial charge on any atom is 0.303 e. The molecule has 0 aromatic heterocycles. The van der Waals surface area contributed by atoms with Gasteiger partial charge >= 0.3 is 5.97 Å². The Balaban J connectivity index is 1.77. The number of rotatable bonds is 4. The number of carboxylic acid groups (broad SMARTS) is 1. The Morgan fingerprint density at radius 1 is 1.12 bits per heavy atom. The first kappa shape index (κ1) is 12.4. The first-order valence-electron chi connectivity index (χ1n) is 6.64. The van der Waals surface area contributed by atoms with Gasteiger partial charge in [-0.2, -0.15) is 0 Å². The molecule has 1 heterocycles. The highest BCUT2D eigenvalue weighted by Crippen LogP contribution is 2.34. The lowest BCUT2D eigenvalue weighted by Crippen LogP contribution is -2.45. The highest BCUT2D eigenvalue weighted by Gasteiger charge is 2.32. The van der Waals surface area contributed by atoms with E-state index in [0.717, 1.165) is 13.1 Å². The normalized spacial score (nSPS) is 27.9. The van der Waals surface area contributed by atoms with Crippen LogP contribution in [0.15, 0.2) is 0 Å². The van der Waals surface area contributed by atoms with E-state index in [1.54, 1.807) is 0 Å². The van der Waals surface area contributed by atoms with Crippen LogP contribution in [0.1, 0.15) is 44.9 Å². The average Bonchev–Trinajstić information content (AvgIpc) is 2.27. The summed E-state index contributed by atoms with van der Waals surface area (Å²) in [4.78, 5) is 24.3. The van der Waals surface area contributed by atoms with E-state index >= 15 is 0 Å². The van der Waals surface area contributed by atoms with Crippen LogP contribution in [-0.4, -0.2) is 35.0 Å². The number of carbonyl (C=O) groups is 2. The zero-order valence-corrected chi connectivity index (χ0v) is 10.2. The molecule has 4 heteroatoms. The van der Waals surface area contributed by atoms with Gasteiger partial charge in [-0.1, -0.05) is 6.42 Å². The molecule has 17 heavy (non-hydrogen) atoms. The van der Waals surface area contributed by atoms with Crippen LogP contribution in [0.3, 0.4) is 0 Å². The van der Waals surface area contributed by atoms with Gasteiger partial charge in [-0.3, -0.25) is 9.59 Å². The van der Waals surface area contributed by atoms with Crippen molar-refractivity contribution in [1.82, 2.24) is 4.90 Å². The van der Waals surface area contributed by atoms with Crippen LogP contribution >= 0.6 is 0 Å². The van der Waals surface area contributed by atoms with Crippen LogP contribution in [0.2, 0.25) is 0 Å². The summed E-state index contributed by atoms with van der Waals surface area (Å²) in [5.41, 5.74) is 0. The fraction of sp³-hybridized carbons (Fsp3) is 0.846. The molecule has 2 atom stereocenters. The molecule has 1 saturated heterocycles. The number of hydrogen-bond donors (Lipinski definition) is 1. The standard InChI is InChI=1S/C13H21NO3/c15-12(5-2-6-13(16)17)14-8-10-3-1-4-11(7-10)9-14/h10-11H,1-9H2,(H,16,17). The molecule has 0 aromatic rings. The lowest BCUT2D eigenvalue weighted by atomic mass is 9.78. The number of fused-ring (bicyclic) bond motifs is 2. The Labute approximate surface area is 102 Å². The van der Waals surface area contributed by atoms with Gasteiger partial charge in [-0.05, 0) is 37.5 Å². The number of amides is 1. The summed E-state index contributed by atoms with van der Waals surface area (Å²) in [6, 6.07) is 0. The van der Waals surface area contributed by atoms with Gasteiger partial charge in [0, 0.05) is 25.9 Å². The first-order chi connectivity index (χ1) is 8.15. The van der Waals surface area contributed by atoms with Gasteiger partial charge in [0.05, 0.1) is 0 Å². The zero-order chi connectivity index (χ0) is 12.3. The van der Waals surface area contributed by atoms with Gasteiger partial charge in [0.15, 0.2) is 0 Å². The lowest BCUT2D eigenvalue weighted by Gasteiger charge is -2.41. The molecule has 1 N–H and O–H groups in total. The van der Waals surface area contributed by atoms with Gasteiger partial charge in [-0.15, -0.1) is 0 Å². The Hall–Kier alpha value is -1.06. The van der Waals surface area contributed by atoms with Crippen LogP contribution in [0.25, 0.3) is 0 Å². The maximum absolute atomic E-state index is 11.9. The smallest absolute Gasteiger partial charge is 0.303 e. The number of likely N-dealkylation sites (tertiary alicyclic amines) is 1. The molecule has 2 bridgehead atoms. The summed E-state index contributed by atoms with van der Waals surface area (Å²) in [6.45, 7) is 1.81. The van der Waals surface area contributed by atoms with E-state index < -0.39 is 5.97 Å². The van der Waals surface area contributed by atoms with Crippen molar-refractivity contribution in [3.05, 3.63) is 0 Å². The van der Waals surface area contributed by atoms with Gasteiger partial charge in [0.2, 0.25) is 5.91 Å². The van der Waals surface area contributed by atoms with E-state index in [2.05, 4.69) is 0 Å². The van der Waals surface area contributed by atoms with E-state index in [9.17, 15) is 9.59 Å². The van der Waals surface area contributed by atoms with Crippen molar-refractivity contribution in [1.29, 1.82) is 0 Å². The zero-order valence-electron chi connectivity index (χ0n) is 10.2. The number of aliphatic carboxylic acids is 1. The molecule has 1 amide bonds. The van der Waals surface area contributed by atoms with Gasteiger partial charge in [-0.25, -0.2) is 0 Å². The summed E-state index contributed by atoms with van der Waals surface area (Å²) < 4.78 is 0. The maximum atomic E-state index is 11.9. The molecule has 0 aromatic carbocycles. The molecule has 96 valence electrons. The number of piperidine rings is 1. The quantitative estimate of drug-likeness (QED) is 0.815. The molecule has 0 spiro atoms. The van der Waals surface area contributed by atoms with Crippen molar-refractivity contribution < 1.29 is 14.7 Å². The predicted molar refractivity (Wildman–Crippen MR) is 63.5 cm³/mol. The fourth-order valence-corrected chi connectivity index (χ4v) is 3.18. The largest absolute Gasteiger partial charge is 0.481 e. The fourth-order valence-electron chi connectivity index (χ4n) is 3.18. The summed E-state index contributed by atoms with van der Waals surface area (Å²) >= 11 is 0. The van der Waals surface area contributed by atoms with Crippen LogP contribution in [0.5, 0.6) is 0 Å². The molecule has 2 unspecified atom stereocenters. The average molecular weight is 239 g/mol. The third-order valence-corrected chi connectivity index (χ3v) is 3.98. The summed E-state index contributed by atoms with van der Waals surface area (Å²) in [5, 5.41) is 8.54. The molecular formula is C13H21NO3. The van der Waals surface area contributed by atoms with Crippen LogP contribution in [0, 0.1) is 11.8 Å². The number of carboxylic acids is 1. The lowest BCUT2D eigenvalue weighted by molar-refractivity contribution is -0.137. The van der Waals surface area contributed by atoms with Gasteiger partial charge in [0.25, 0.3) is 0 Å². The van der Waals surface area contributed by atoms with Gasteiger partial charge in [0.1, 0.15) is 0 Å².